The first kappa shape index (κ1) is 75.4. The Labute approximate surface area is 599 Å². The lowest BCUT2D eigenvalue weighted by Crippen LogP contribution is -2.28. The third-order valence-electron chi connectivity index (χ3n) is 14.4. The van der Waals surface area contributed by atoms with Gasteiger partial charge in [0, 0.05) is 22.3 Å². The van der Waals surface area contributed by atoms with Crippen molar-refractivity contribution in [3.05, 3.63) is 236 Å². The lowest BCUT2D eigenvalue weighted by Gasteiger charge is -2.21. The van der Waals surface area contributed by atoms with Gasteiger partial charge in [0.05, 0.1) is 55.5 Å². The van der Waals surface area contributed by atoms with Crippen LogP contribution in [0.4, 0.5) is 24.0 Å². The molecule has 13 aromatic rings. The van der Waals surface area contributed by atoms with Crippen molar-refractivity contribution in [1.29, 1.82) is 0 Å². The average molecular weight is 1390 g/mol. The molecule has 0 fully saturated rings. The lowest BCUT2D eigenvalue weighted by atomic mass is 10.0. The van der Waals surface area contributed by atoms with Crippen LogP contribution >= 0.6 is 0 Å². The number of carbonyl (C=O) groups is 5. The van der Waals surface area contributed by atoms with Gasteiger partial charge in [0.15, 0.2) is 11.6 Å². The Balaban J connectivity index is 0.000000153. The Morgan fingerprint density at radius 1 is 0.330 bits per heavy atom. The third kappa shape index (κ3) is 19.8. The molecular weight excluding hydrogens is 1300 g/mol. The van der Waals surface area contributed by atoms with Gasteiger partial charge in [-0.15, -0.1) is 0 Å². The van der Waals surface area contributed by atoms with Crippen LogP contribution in [0.1, 0.15) is 116 Å². The quantitative estimate of drug-likeness (QED) is 0.158. The number of ether oxygens (including phenoxy) is 5. The molecule has 5 heterocycles. The molecule has 532 valence electrons. The molecule has 103 heavy (non-hydrogen) atoms. The average Bonchev–Trinajstić information content (AvgIpc) is 1.63. The monoisotopic (exact) mass is 1390 g/mol. The molecule has 0 aliphatic rings. The molecule has 0 atom stereocenters. The molecule has 5 aromatic heterocycles. The first-order valence-electron chi connectivity index (χ1n) is 33.6. The van der Waals surface area contributed by atoms with Crippen molar-refractivity contribution in [2.24, 2.45) is 0 Å². The minimum atomic E-state index is -0.629. The van der Waals surface area contributed by atoms with Gasteiger partial charge in [-0.3, -0.25) is 0 Å². The van der Waals surface area contributed by atoms with Crippen molar-refractivity contribution >= 4 is 74.6 Å². The maximum Gasteiger partial charge on any atom is 0.420 e. The van der Waals surface area contributed by atoms with E-state index < -0.39 is 52.4 Å². The van der Waals surface area contributed by atoms with Crippen molar-refractivity contribution in [2.45, 2.75) is 145 Å². The summed E-state index contributed by atoms with van der Waals surface area (Å²) in [4.78, 5) is 84.2. The minimum Gasteiger partial charge on any atom is -0.443 e. The summed E-state index contributed by atoms with van der Waals surface area (Å²) in [6.07, 6.45) is -0.696. The van der Waals surface area contributed by atoms with E-state index in [1.165, 1.54) is 24.6 Å². The summed E-state index contributed by atoms with van der Waals surface area (Å²) in [6.45, 7) is 29.1. The smallest absolute Gasteiger partial charge is 0.420 e. The Kier molecular flexibility index (Phi) is 23.3. The highest BCUT2D eigenvalue weighted by Crippen LogP contribution is 2.37. The number of benzene rings is 8. The number of aryl methyl sites for hydroxylation is 1. The van der Waals surface area contributed by atoms with Crippen LogP contribution in [0.5, 0.6) is 0 Å². The number of aliphatic hydroxyl groups is 1. The Bertz CT molecular complexity index is 5080. The Morgan fingerprint density at radius 3 is 1.10 bits per heavy atom. The van der Waals surface area contributed by atoms with Crippen molar-refractivity contribution in [3.63, 3.8) is 0 Å². The van der Waals surface area contributed by atoms with Gasteiger partial charge in [0.1, 0.15) is 52.6 Å². The van der Waals surface area contributed by atoms with Crippen molar-refractivity contribution in [3.8, 4) is 45.3 Å². The molecule has 8 aromatic carbocycles. The summed E-state index contributed by atoms with van der Waals surface area (Å²) < 4.78 is 34.6. The van der Waals surface area contributed by atoms with Crippen LogP contribution in [0.25, 0.3) is 89.4 Å². The number of aromatic nitrogens is 10. The predicted molar refractivity (Wildman–Crippen MR) is 402 cm³/mol. The number of aliphatic hydroxyl groups excluding tert-OH is 1. The number of imidazole rings is 5. The first-order valence-corrected chi connectivity index (χ1v) is 33.6. The van der Waals surface area contributed by atoms with Crippen LogP contribution in [0.15, 0.2) is 225 Å². The highest BCUT2D eigenvalue weighted by Gasteiger charge is 2.30. The second kappa shape index (κ2) is 31.8. The van der Waals surface area contributed by atoms with Gasteiger partial charge >= 0.3 is 30.5 Å². The number of nitrogens with zero attached hydrogens (tertiary/aromatic N) is 10. The highest BCUT2D eigenvalue weighted by atomic mass is 16.6. The van der Waals surface area contributed by atoms with E-state index in [2.05, 4.69) is 19.9 Å². The topological polar surface area (TPSA) is 241 Å². The predicted octanol–water partition coefficient (Wildman–Crippen LogP) is 19.4. The van der Waals surface area contributed by atoms with Gasteiger partial charge in [0.25, 0.3) is 0 Å². The number of hydrogen-bond acceptors (Lipinski definition) is 16. The molecule has 0 saturated heterocycles. The van der Waals surface area contributed by atoms with Gasteiger partial charge in [0.2, 0.25) is 0 Å². The summed E-state index contributed by atoms with van der Waals surface area (Å²) in [7, 11) is 0. The van der Waals surface area contributed by atoms with E-state index in [0.717, 1.165) is 66.7 Å². The fourth-order valence-electron chi connectivity index (χ4n) is 10.4. The summed E-state index contributed by atoms with van der Waals surface area (Å²) in [6, 6.07) is 68.8. The summed E-state index contributed by atoms with van der Waals surface area (Å²) in [5.41, 5.74) is 8.19. The fourth-order valence-corrected chi connectivity index (χ4v) is 10.4. The van der Waals surface area contributed by atoms with Crippen molar-refractivity contribution < 1.29 is 52.8 Å². The number of hydrogen-bond donors (Lipinski definition) is 1. The molecule has 0 aliphatic carbocycles. The first-order chi connectivity index (χ1) is 48.7. The molecule has 0 amide bonds. The Morgan fingerprint density at radius 2 is 0.650 bits per heavy atom. The van der Waals surface area contributed by atoms with E-state index in [9.17, 15) is 29.1 Å². The highest BCUT2D eigenvalue weighted by molar-refractivity contribution is 5.94. The zero-order chi connectivity index (χ0) is 74.6. The van der Waals surface area contributed by atoms with Crippen LogP contribution < -0.4 is 0 Å². The molecule has 13 rings (SSSR count). The molecule has 1 N–H and O–H groups in total. The van der Waals surface area contributed by atoms with E-state index in [4.69, 9.17) is 28.7 Å². The zero-order valence-corrected chi connectivity index (χ0v) is 61.1. The Hall–Kier alpha value is -11.8. The minimum absolute atomic E-state index is 0.283. The third-order valence-corrected chi connectivity index (χ3v) is 14.4. The maximum absolute atomic E-state index is 13.4. The summed E-state index contributed by atoms with van der Waals surface area (Å²) >= 11 is 0. The number of carbonyl (C=O) groups excluding carboxylic acids is 5. The van der Waals surface area contributed by atoms with E-state index >= 15 is 0 Å². The van der Waals surface area contributed by atoms with E-state index in [-0.39, 0.29) is 18.5 Å². The molecule has 0 bridgehead atoms. The van der Waals surface area contributed by atoms with Crippen LogP contribution in [0, 0.1) is 6.92 Å². The van der Waals surface area contributed by atoms with Gasteiger partial charge in [-0.1, -0.05) is 170 Å². The van der Waals surface area contributed by atoms with Gasteiger partial charge in [-0.25, -0.2) is 71.7 Å². The van der Waals surface area contributed by atoms with Crippen LogP contribution in [-0.4, -0.2) is 111 Å². The van der Waals surface area contributed by atoms with Gasteiger partial charge in [-0.05, 0) is 159 Å². The number of fused-ring (bicyclic) bond motifs is 4. The van der Waals surface area contributed by atoms with Crippen LogP contribution in [-0.2, 0) is 30.3 Å². The number of para-hydroxylation sites is 8. The van der Waals surface area contributed by atoms with Gasteiger partial charge in [-0.2, -0.15) is 0 Å². The maximum atomic E-state index is 13.4. The van der Waals surface area contributed by atoms with E-state index in [0.29, 0.717) is 28.5 Å². The second-order valence-corrected chi connectivity index (χ2v) is 28.7. The van der Waals surface area contributed by atoms with Crippen LogP contribution in [0.2, 0.25) is 0 Å². The van der Waals surface area contributed by atoms with Crippen molar-refractivity contribution in [2.75, 3.05) is 0 Å². The molecular formula is C82H88N10O11. The molecule has 0 spiro atoms. The van der Waals surface area contributed by atoms with Gasteiger partial charge < -0.3 is 28.8 Å². The molecule has 21 heteroatoms. The number of rotatable bonds is 5. The zero-order valence-electron chi connectivity index (χ0n) is 61.1. The normalized spacial score (nSPS) is 11.6. The standard InChI is InChI=1S/C26H24N2O2.C18H18N2O2.C13H16N2O3.C13H16N2O2.C12H14N2O2/c1-26(2,3)30-25(29)28-23(20-15-9-5-10-16-20)22(19-13-7-4-8-14-19)27-24(28)21-17-11-6-12-18-21;1-18(2,3)22-17(21)20-15-12-8-7-11-14(15)19-16(20)13-9-5-4-6-10-13;1-13(2,3)18-12(17)15-10-7-5-4-6-9(10)14-11(15)8-16;1-9-14-10-7-5-6-8-11(10)15(9)12(16)17-13(2,3)4;1-12(2,3)16-11(15)14-8-13-9-6-4-5-7-10(9)14/h4-18H,1-3H3;4-12H,1-3H3;4-7,16H,8H2,1-3H3;5-8H,1-4H3;4-8H,1-3H3. The van der Waals surface area contributed by atoms with Crippen LogP contribution in [0.3, 0.4) is 0 Å². The van der Waals surface area contributed by atoms with E-state index in [1.54, 1.807) is 44.4 Å². The summed E-state index contributed by atoms with van der Waals surface area (Å²) in [5, 5.41) is 9.28. The molecule has 0 unspecified atom stereocenters. The lowest BCUT2D eigenvalue weighted by molar-refractivity contribution is 0.0522. The summed E-state index contributed by atoms with van der Waals surface area (Å²) in [5.74, 6) is 2.07. The second-order valence-electron chi connectivity index (χ2n) is 28.7. The molecule has 0 aliphatic heterocycles. The van der Waals surface area contributed by atoms with Crippen molar-refractivity contribution in [1.82, 2.24) is 47.8 Å². The molecule has 0 radical (unpaired) electrons. The molecule has 0 saturated carbocycles. The van der Waals surface area contributed by atoms with E-state index in [1.807, 2.05) is 289 Å². The largest absolute Gasteiger partial charge is 0.443 e. The SMILES string of the molecule is CC(C)(C)OC(=O)n1c(-c2ccccc2)nc(-c2ccccc2)c1-c1ccccc1.CC(C)(C)OC(=O)n1c(-c2ccccc2)nc2ccccc21.CC(C)(C)OC(=O)n1c(CO)nc2ccccc21.CC(C)(C)OC(=O)n1cnc2ccccc21.Cc1nc2ccccc2n1C(=O)OC(C)(C)C. The fraction of sp³-hybridized carbons (Fsp3) is 0.268. The molecule has 21 nitrogen and oxygen atoms in total.